The minimum Gasteiger partial charge on any atom is -0.497 e. The van der Waals surface area contributed by atoms with Crippen molar-refractivity contribution in [3.63, 3.8) is 0 Å². The Hall–Kier alpha value is -2.09. The van der Waals surface area contributed by atoms with Crippen molar-refractivity contribution in [3.8, 4) is 5.75 Å². The van der Waals surface area contributed by atoms with E-state index in [4.69, 9.17) is 9.73 Å². The quantitative estimate of drug-likeness (QED) is 0.730. The minimum absolute atomic E-state index is 0.871. The van der Waals surface area contributed by atoms with Crippen LogP contribution >= 0.6 is 0 Å². The first kappa shape index (κ1) is 12.9. The van der Waals surface area contributed by atoms with Gasteiger partial charge in [-0.3, -0.25) is 4.99 Å². The molecule has 1 aliphatic rings. The predicted octanol–water partition coefficient (Wildman–Crippen LogP) is 4.54. The van der Waals surface area contributed by atoms with Gasteiger partial charge in [0, 0.05) is 5.71 Å². The van der Waals surface area contributed by atoms with Crippen molar-refractivity contribution < 1.29 is 4.74 Å². The maximum atomic E-state index is 5.19. The minimum atomic E-state index is 0.871. The number of ether oxygens (including phenoxy) is 1. The number of hydrogen-bond acceptors (Lipinski definition) is 2. The molecule has 0 spiro atoms. The molecule has 2 aromatic carbocycles. The second-order valence-electron chi connectivity index (χ2n) is 5.12. The fourth-order valence-corrected chi connectivity index (χ4v) is 2.69. The second-order valence-corrected chi connectivity index (χ2v) is 5.12. The van der Waals surface area contributed by atoms with Crippen molar-refractivity contribution in [1.29, 1.82) is 0 Å². The van der Waals surface area contributed by atoms with Gasteiger partial charge in [-0.2, -0.15) is 0 Å². The maximum Gasteiger partial charge on any atom is 0.119 e. The van der Waals surface area contributed by atoms with Crippen LogP contribution in [0.1, 0.15) is 30.4 Å². The van der Waals surface area contributed by atoms with Crippen LogP contribution in [0.25, 0.3) is 0 Å². The lowest BCUT2D eigenvalue weighted by molar-refractivity contribution is 0.415. The first-order valence-corrected chi connectivity index (χ1v) is 7.17. The van der Waals surface area contributed by atoms with Crippen LogP contribution < -0.4 is 4.74 Å². The summed E-state index contributed by atoms with van der Waals surface area (Å²) in [6.07, 6.45) is 4.68. The molecule has 2 aromatic rings. The molecule has 0 unspecified atom stereocenters. The smallest absolute Gasteiger partial charge is 0.119 e. The Labute approximate surface area is 120 Å². The average Bonchev–Trinajstić information content (AvgIpc) is 2.71. The van der Waals surface area contributed by atoms with Crippen molar-refractivity contribution in [1.82, 2.24) is 0 Å². The zero-order valence-corrected chi connectivity index (χ0v) is 11.8. The summed E-state index contributed by atoms with van der Waals surface area (Å²) in [6.45, 7) is 0. The third-order valence-electron chi connectivity index (χ3n) is 3.77. The van der Waals surface area contributed by atoms with E-state index in [0.29, 0.717) is 0 Å². The molecule has 3 rings (SSSR count). The van der Waals surface area contributed by atoms with Crippen LogP contribution in [-0.4, -0.2) is 12.8 Å². The van der Waals surface area contributed by atoms with E-state index in [0.717, 1.165) is 24.3 Å². The lowest BCUT2D eigenvalue weighted by Gasteiger charge is -2.08. The molecule has 20 heavy (non-hydrogen) atoms. The molecule has 0 aromatic heterocycles. The van der Waals surface area contributed by atoms with Gasteiger partial charge in [-0.25, -0.2) is 0 Å². The van der Waals surface area contributed by atoms with Crippen molar-refractivity contribution >= 4 is 11.4 Å². The van der Waals surface area contributed by atoms with Crippen LogP contribution in [0.3, 0.4) is 0 Å². The first-order chi connectivity index (χ1) is 9.86. The lowest BCUT2D eigenvalue weighted by atomic mass is 10.0. The number of rotatable bonds is 2. The van der Waals surface area contributed by atoms with E-state index in [9.17, 15) is 0 Å². The summed E-state index contributed by atoms with van der Waals surface area (Å²) < 4.78 is 5.19. The molecule has 0 N–H and O–H groups in total. The molecule has 0 bridgehead atoms. The number of benzene rings is 2. The van der Waals surface area contributed by atoms with E-state index >= 15 is 0 Å². The highest BCUT2D eigenvalue weighted by Crippen LogP contribution is 2.25. The number of methoxy groups -OCH3 is 1. The predicted molar refractivity (Wildman–Crippen MR) is 83.2 cm³/mol. The van der Waals surface area contributed by atoms with Gasteiger partial charge >= 0.3 is 0 Å². The van der Waals surface area contributed by atoms with Gasteiger partial charge in [-0.1, -0.05) is 24.3 Å². The van der Waals surface area contributed by atoms with Gasteiger partial charge in [0.05, 0.1) is 12.8 Å². The van der Waals surface area contributed by atoms with Crippen LogP contribution in [0.4, 0.5) is 5.69 Å². The van der Waals surface area contributed by atoms with Gasteiger partial charge in [-0.05, 0) is 61.1 Å². The SMILES string of the molecule is COc1ccc(/N=C2\CCCCc3ccccc32)cc1. The number of aliphatic imine (C=N–C) groups is 1. The van der Waals surface area contributed by atoms with Crippen LogP contribution in [0.5, 0.6) is 5.75 Å². The van der Waals surface area contributed by atoms with Crippen molar-refractivity contribution in [3.05, 3.63) is 59.7 Å². The molecule has 0 radical (unpaired) electrons. The highest BCUT2D eigenvalue weighted by molar-refractivity contribution is 6.03. The second kappa shape index (κ2) is 5.91. The summed E-state index contributed by atoms with van der Waals surface area (Å²) >= 11 is 0. The summed E-state index contributed by atoms with van der Waals surface area (Å²) in [5.74, 6) is 0.871. The topological polar surface area (TPSA) is 21.6 Å². The number of hydrogen-bond donors (Lipinski definition) is 0. The van der Waals surface area contributed by atoms with Crippen molar-refractivity contribution in [2.24, 2.45) is 4.99 Å². The number of nitrogens with zero attached hydrogens (tertiary/aromatic N) is 1. The van der Waals surface area contributed by atoms with Crippen molar-refractivity contribution in [2.45, 2.75) is 25.7 Å². The molecule has 1 aliphatic carbocycles. The molecule has 0 amide bonds. The normalized spacial score (nSPS) is 16.6. The third kappa shape index (κ3) is 2.74. The molecule has 0 aliphatic heterocycles. The highest BCUT2D eigenvalue weighted by Gasteiger charge is 2.13. The molecule has 102 valence electrons. The molecular formula is C18H19NO. The zero-order chi connectivity index (χ0) is 13.8. The molecule has 2 heteroatoms. The van der Waals surface area contributed by atoms with Crippen molar-refractivity contribution in [2.75, 3.05) is 7.11 Å². The Morgan fingerprint density at radius 2 is 1.65 bits per heavy atom. The van der Waals surface area contributed by atoms with E-state index in [1.54, 1.807) is 7.11 Å². The van der Waals surface area contributed by atoms with Crippen LogP contribution in [0.2, 0.25) is 0 Å². The van der Waals surface area contributed by atoms with Gasteiger partial charge < -0.3 is 4.74 Å². The molecule has 0 saturated heterocycles. The average molecular weight is 265 g/mol. The Bertz CT molecular complexity index is 614. The Morgan fingerprint density at radius 3 is 2.45 bits per heavy atom. The van der Waals surface area contributed by atoms with Crippen LogP contribution in [0.15, 0.2) is 53.5 Å². The summed E-state index contributed by atoms with van der Waals surface area (Å²) in [5.41, 5.74) is 4.96. The monoisotopic (exact) mass is 265 g/mol. The highest BCUT2D eigenvalue weighted by atomic mass is 16.5. The molecule has 2 nitrogen and oxygen atoms in total. The standard InChI is InChI=1S/C18H19NO/c1-20-16-12-10-15(11-13-16)19-18-9-5-3-7-14-6-2-4-8-17(14)18/h2,4,6,8,10-13H,3,5,7,9H2,1H3/b19-18+. The van der Waals surface area contributed by atoms with E-state index in [1.165, 1.54) is 29.7 Å². The fraction of sp³-hybridized carbons (Fsp3) is 0.278. The Morgan fingerprint density at radius 1 is 0.900 bits per heavy atom. The molecule has 0 atom stereocenters. The molecular weight excluding hydrogens is 246 g/mol. The largest absolute Gasteiger partial charge is 0.497 e. The summed E-state index contributed by atoms with van der Waals surface area (Å²) in [5, 5.41) is 0. The maximum absolute atomic E-state index is 5.19. The number of fused-ring (bicyclic) bond motifs is 1. The first-order valence-electron chi connectivity index (χ1n) is 7.17. The van der Waals surface area contributed by atoms with Gasteiger partial charge in [-0.15, -0.1) is 0 Å². The van der Waals surface area contributed by atoms with E-state index in [2.05, 4.69) is 24.3 Å². The van der Waals surface area contributed by atoms with E-state index in [1.807, 2.05) is 24.3 Å². The number of aryl methyl sites for hydroxylation is 1. The van der Waals surface area contributed by atoms with Crippen LogP contribution in [0, 0.1) is 0 Å². The van der Waals surface area contributed by atoms with E-state index < -0.39 is 0 Å². The Kier molecular flexibility index (Phi) is 3.82. The third-order valence-corrected chi connectivity index (χ3v) is 3.77. The van der Waals surface area contributed by atoms with E-state index in [-0.39, 0.29) is 0 Å². The molecule has 0 saturated carbocycles. The van der Waals surface area contributed by atoms with Gasteiger partial charge in [0.2, 0.25) is 0 Å². The zero-order valence-electron chi connectivity index (χ0n) is 11.8. The van der Waals surface area contributed by atoms with Gasteiger partial charge in [0.1, 0.15) is 5.75 Å². The summed E-state index contributed by atoms with van der Waals surface area (Å²) in [7, 11) is 1.68. The summed E-state index contributed by atoms with van der Waals surface area (Å²) in [4.78, 5) is 4.86. The molecule has 0 heterocycles. The van der Waals surface area contributed by atoms with Gasteiger partial charge in [0.15, 0.2) is 0 Å². The Balaban J connectivity index is 1.97. The fourth-order valence-electron chi connectivity index (χ4n) is 2.69. The van der Waals surface area contributed by atoms with Gasteiger partial charge in [0.25, 0.3) is 0 Å². The summed E-state index contributed by atoms with van der Waals surface area (Å²) in [6, 6.07) is 16.6. The molecule has 0 fully saturated rings. The lowest BCUT2D eigenvalue weighted by Crippen LogP contribution is -2.01. The van der Waals surface area contributed by atoms with Crippen LogP contribution in [-0.2, 0) is 6.42 Å².